The number of hydrogen-bond acceptors (Lipinski definition) is 7. The van der Waals surface area contributed by atoms with Crippen LogP contribution in [0, 0.1) is 5.92 Å². The van der Waals surface area contributed by atoms with Gasteiger partial charge in [-0.05, 0) is 51.2 Å². The third-order valence-corrected chi connectivity index (χ3v) is 5.12. The highest BCUT2D eigenvalue weighted by molar-refractivity contribution is 5.81. The topological polar surface area (TPSA) is 104 Å². The van der Waals surface area contributed by atoms with Crippen molar-refractivity contribution in [2.45, 2.75) is 51.2 Å². The molecular formula is C19H25N5O3. The number of aliphatic hydroxyl groups excluding tert-OH is 1. The van der Waals surface area contributed by atoms with Crippen LogP contribution in [0.1, 0.15) is 51.0 Å². The Balaban J connectivity index is 1.48. The summed E-state index contributed by atoms with van der Waals surface area (Å²) < 4.78 is 5.32. The van der Waals surface area contributed by atoms with Gasteiger partial charge in [0.2, 0.25) is 11.7 Å². The van der Waals surface area contributed by atoms with E-state index in [1.807, 2.05) is 12.1 Å². The molecule has 1 aliphatic heterocycles. The maximum Gasteiger partial charge on any atom is 0.252 e. The number of pyridine rings is 1. The quantitative estimate of drug-likeness (QED) is 0.801. The molecule has 4 rings (SSSR count). The van der Waals surface area contributed by atoms with Gasteiger partial charge in [-0.1, -0.05) is 5.16 Å². The summed E-state index contributed by atoms with van der Waals surface area (Å²) in [6.45, 7) is 3.67. The van der Waals surface area contributed by atoms with E-state index in [1.54, 1.807) is 13.1 Å². The molecule has 1 amide bonds. The van der Waals surface area contributed by atoms with Crippen molar-refractivity contribution in [2.24, 2.45) is 5.92 Å². The molecule has 0 unspecified atom stereocenters. The van der Waals surface area contributed by atoms with Crippen LogP contribution in [-0.4, -0.2) is 45.3 Å². The molecular weight excluding hydrogens is 346 g/mol. The molecule has 0 aromatic carbocycles. The molecule has 2 aromatic rings. The SMILES string of the molecule is C[C@H](O)[C@H](NC(=O)C1CC1)c1nc(-c2ccc(N3CCCCC3)nc2)no1. The number of carbonyl (C=O) groups excluding carboxylic acids is 1. The van der Waals surface area contributed by atoms with E-state index < -0.39 is 12.1 Å². The average Bonchev–Trinajstić information content (AvgIpc) is 3.44. The first-order valence-corrected chi connectivity index (χ1v) is 9.65. The van der Waals surface area contributed by atoms with Crippen molar-refractivity contribution in [2.75, 3.05) is 18.0 Å². The van der Waals surface area contributed by atoms with Crippen LogP contribution in [-0.2, 0) is 4.79 Å². The van der Waals surface area contributed by atoms with E-state index in [2.05, 4.69) is 25.3 Å². The van der Waals surface area contributed by atoms with Gasteiger partial charge >= 0.3 is 0 Å². The van der Waals surface area contributed by atoms with E-state index in [9.17, 15) is 9.90 Å². The number of rotatable bonds is 6. The molecule has 0 bridgehead atoms. The van der Waals surface area contributed by atoms with Gasteiger partial charge < -0.3 is 19.8 Å². The zero-order valence-corrected chi connectivity index (χ0v) is 15.5. The van der Waals surface area contributed by atoms with Crippen LogP contribution in [0.4, 0.5) is 5.82 Å². The molecule has 2 aliphatic rings. The van der Waals surface area contributed by atoms with Gasteiger partial charge in [-0.15, -0.1) is 0 Å². The maximum atomic E-state index is 12.0. The zero-order valence-electron chi connectivity index (χ0n) is 15.5. The van der Waals surface area contributed by atoms with Gasteiger partial charge in [0.05, 0.1) is 6.10 Å². The number of nitrogens with one attached hydrogen (secondary N) is 1. The van der Waals surface area contributed by atoms with Gasteiger partial charge in [0, 0.05) is 30.8 Å². The standard InChI is InChI=1S/C19H25N5O3/c1-12(25)16(21-18(26)13-5-6-13)19-22-17(23-27-19)14-7-8-15(20-11-14)24-9-3-2-4-10-24/h7-8,11-13,16,25H,2-6,9-10H2,1H3,(H,21,26)/t12-,16-/m0/s1. The summed E-state index contributed by atoms with van der Waals surface area (Å²) >= 11 is 0. The Morgan fingerprint density at radius 1 is 1.30 bits per heavy atom. The fourth-order valence-electron chi connectivity index (χ4n) is 3.31. The fraction of sp³-hybridized carbons (Fsp3) is 0.579. The van der Waals surface area contributed by atoms with E-state index >= 15 is 0 Å². The minimum atomic E-state index is -0.833. The Morgan fingerprint density at radius 3 is 2.70 bits per heavy atom. The largest absolute Gasteiger partial charge is 0.391 e. The van der Waals surface area contributed by atoms with Crippen LogP contribution >= 0.6 is 0 Å². The minimum Gasteiger partial charge on any atom is -0.391 e. The summed E-state index contributed by atoms with van der Waals surface area (Å²) in [5.41, 5.74) is 0.739. The molecule has 2 atom stereocenters. The van der Waals surface area contributed by atoms with E-state index in [4.69, 9.17) is 4.52 Å². The van der Waals surface area contributed by atoms with Crippen molar-refractivity contribution in [1.29, 1.82) is 0 Å². The second-order valence-corrected chi connectivity index (χ2v) is 7.41. The predicted octanol–water partition coefficient (Wildman–Crippen LogP) is 2.07. The van der Waals surface area contributed by atoms with Crippen molar-refractivity contribution in [3.05, 3.63) is 24.2 Å². The Kier molecular flexibility index (Phi) is 5.07. The van der Waals surface area contributed by atoms with E-state index in [1.165, 1.54) is 19.3 Å². The lowest BCUT2D eigenvalue weighted by Crippen LogP contribution is -2.36. The average molecular weight is 371 g/mol. The molecule has 8 nitrogen and oxygen atoms in total. The number of anilines is 1. The summed E-state index contributed by atoms with van der Waals surface area (Å²) in [5.74, 6) is 1.53. The molecule has 0 spiro atoms. The summed E-state index contributed by atoms with van der Waals surface area (Å²) in [6, 6.07) is 3.18. The molecule has 2 N–H and O–H groups in total. The summed E-state index contributed by atoms with van der Waals surface area (Å²) in [6.07, 6.45) is 6.36. The number of aliphatic hydroxyl groups is 1. The van der Waals surface area contributed by atoms with E-state index in [0.29, 0.717) is 5.82 Å². The Labute approximate surface area is 158 Å². The molecule has 144 valence electrons. The second-order valence-electron chi connectivity index (χ2n) is 7.41. The number of nitrogens with zero attached hydrogens (tertiary/aromatic N) is 4. The van der Waals surface area contributed by atoms with Crippen molar-refractivity contribution in [3.63, 3.8) is 0 Å². The lowest BCUT2D eigenvalue weighted by atomic mass is 10.1. The lowest BCUT2D eigenvalue weighted by Gasteiger charge is -2.27. The normalized spacial score (nSPS) is 19.6. The van der Waals surface area contributed by atoms with Gasteiger partial charge in [-0.3, -0.25) is 4.79 Å². The highest BCUT2D eigenvalue weighted by Crippen LogP contribution is 2.30. The van der Waals surface area contributed by atoms with Crippen molar-refractivity contribution in [3.8, 4) is 11.4 Å². The highest BCUT2D eigenvalue weighted by Gasteiger charge is 2.34. The summed E-state index contributed by atoms with van der Waals surface area (Å²) in [4.78, 5) is 23.2. The highest BCUT2D eigenvalue weighted by atomic mass is 16.5. The van der Waals surface area contributed by atoms with Crippen LogP contribution in [0.3, 0.4) is 0 Å². The minimum absolute atomic E-state index is 0.0418. The number of amides is 1. The predicted molar refractivity (Wildman–Crippen MR) is 98.9 cm³/mol. The number of aromatic nitrogens is 3. The van der Waals surface area contributed by atoms with Crippen LogP contribution in [0.25, 0.3) is 11.4 Å². The molecule has 27 heavy (non-hydrogen) atoms. The Hall–Kier alpha value is -2.48. The summed E-state index contributed by atoms with van der Waals surface area (Å²) in [5, 5.41) is 16.8. The van der Waals surface area contributed by atoms with Gasteiger partial charge in [0.15, 0.2) is 0 Å². The van der Waals surface area contributed by atoms with E-state index in [0.717, 1.165) is 37.3 Å². The summed E-state index contributed by atoms with van der Waals surface area (Å²) in [7, 11) is 0. The lowest BCUT2D eigenvalue weighted by molar-refractivity contribution is -0.124. The van der Waals surface area contributed by atoms with Gasteiger partial charge in [0.1, 0.15) is 11.9 Å². The van der Waals surface area contributed by atoms with Crippen LogP contribution in [0.5, 0.6) is 0 Å². The van der Waals surface area contributed by atoms with Crippen molar-refractivity contribution < 1.29 is 14.4 Å². The third-order valence-electron chi connectivity index (χ3n) is 5.12. The molecule has 2 aromatic heterocycles. The van der Waals surface area contributed by atoms with Crippen molar-refractivity contribution in [1.82, 2.24) is 20.4 Å². The van der Waals surface area contributed by atoms with Gasteiger partial charge in [-0.2, -0.15) is 4.98 Å². The number of carbonyl (C=O) groups is 1. The number of hydrogen-bond donors (Lipinski definition) is 2. The number of piperidine rings is 1. The third kappa shape index (κ3) is 4.10. The second kappa shape index (κ2) is 7.64. The fourth-order valence-corrected chi connectivity index (χ4v) is 3.31. The zero-order chi connectivity index (χ0) is 18.8. The van der Waals surface area contributed by atoms with Gasteiger partial charge in [-0.25, -0.2) is 4.98 Å². The first-order valence-electron chi connectivity index (χ1n) is 9.65. The van der Waals surface area contributed by atoms with Crippen LogP contribution < -0.4 is 10.2 Å². The Morgan fingerprint density at radius 2 is 2.07 bits per heavy atom. The first-order chi connectivity index (χ1) is 13.1. The molecule has 1 saturated heterocycles. The van der Waals surface area contributed by atoms with Crippen LogP contribution in [0.15, 0.2) is 22.9 Å². The smallest absolute Gasteiger partial charge is 0.252 e. The maximum absolute atomic E-state index is 12.0. The van der Waals surface area contributed by atoms with Crippen LogP contribution in [0.2, 0.25) is 0 Å². The van der Waals surface area contributed by atoms with E-state index in [-0.39, 0.29) is 17.7 Å². The molecule has 3 heterocycles. The molecule has 1 aliphatic carbocycles. The Bertz CT molecular complexity index is 779. The van der Waals surface area contributed by atoms with Crippen molar-refractivity contribution >= 4 is 11.7 Å². The monoisotopic (exact) mass is 371 g/mol. The molecule has 1 saturated carbocycles. The first kappa shape index (κ1) is 17.9. The molecule has 2 fully saturated rings. The van der Waals surface area contributed by atoms with Gasteiger partial charge in [0.25, 0.3) is 5.89 Å². The molecule has 8 heteroatoms. The molecule has 0 radical (unpaired) electrons.